The van der Waals surface area contributed by atoms with E-state index < -0.39 is 17.7 Å². The molecule has 0 saturated carbocycles. The van der Waals surface area contributed by atoms with Crippen LogP contribution in [-0.2, 0) is 0 Å². The molecule has 0 atom stereocenters. The number of tetrazole rings is 1. The fraction of sp³-hybridized carbons (Fsp3) is 0.174. The maximum atomic E-state index is 13.0. The van der Waals surface area contributed by atoms with Gasteiger partial charge >= 0.3 is 17.7 Å². The van der Waals surface area contributed by atoms with Crippen molar-refractivity contribution >= 4 is 12.0 Å². The highest BCUT2D eigenvalue weighted by molar-refractivity contribution is 5.93. The van der Waals surface area contributed by atoms with E-state index in [4.69, 9.17) is 10.5 Å². The molecule has 2 N–H and O–H groups in total. The molecule has 0 radical (unpaired) electrons. The number of esters is 1. The predicted molar refractivity (Wildman–Crippen MR) is 122 cm³/mol. The Morgan fingerprint density at radius 1 is 1.03 bits per heavy atom. The third-order valence-corrected chi connectivity index (χ3v) is 5.01. The van der Waals surface area contributed by atoms with Crippen molar-refractivity contribution in [3.8, 4) is 22.7 Å². The van der Waals surface area contributed by atoms with E-state index in [0.29, 0.717) is 16.1 Å². The van der Waals surface area contributed by atoms with Gasteiger partial charge in [-0.05, 0) is 46.7 Å². The van der Waals surface area contributed by atoms with Gasteiger partial charge in [-0.1, -0.05) is 43.7 Å². The minimum atomic E-state index is -0.992. The van der Waals surface area contributed by atoms with Crippen LogP contribution in [0.2, 0.25) is 0 Å². The Hall–Kier alpha value is -4.67. The molecule has 11 nitrogen and oxygen atoms in total. The lowest BCUT2D eigenvalue weighted by molar-refractivity contribution is 0.0726. The molecule has 2 aromatic heterocycles. The van der Waals surface area contributed by atoms with Crippen LogP contribution in [-0.4, -0.2) is 41.8 Å². The summed E-state index contributed by atoms with van der Waals surface area (Å²) in [6.07, 6.45) is 1.09. The minimum Gasteiger partial charge on any atom is -0.404 e. The molecule has 172 valence electrons. The van der Waals surface area contributed by atoms with Crippen LogP contribution in [0, 0.1) is 6.92 Å². The highest BCUT2D eigenvalue weighted by atomic mass is 16.5. The van der Waals surface area contributed by atoms with Crippen LogP contribution < -0.4 is 16.2 Å². The summed E-state index contributed by atoms with van der Waals surface area (Å²) >= 11 is 0. The summed E-state index contributed by atoms with van der Waals surface area (Å²) in [7, 11) is 0. The van der Waals surface area contributed by atoms with Crippen LogP contribution in [0.5, 0.6) is 5.88 Å². The van der Waals surface area contributed by atoms with Crippen LogP contribution >= 0.6 is 0 Å². The monoisotopic (exact) mass is 459 g/mol. The van der Waals surface area contributed by atoms with Gasteiger partial charge in [-0.3, -0.25) is 0 Å². The number of primary amides is 1. The first-order valence-corrected chi connectivity index (χ1v) is 10.4. The van der Waals surface area contributed by atoms with Crippen molar-refractivity contribution in [3.63, 3.8) is 0 Å². The van der Waals surface area contributed by atoms with Crippen molar-refractivity contribution in [2.24, 2.45) is 5.73 Å². The summed E-state index contributed by atoms with van der Waals surface area (Å²) < 4.78 is 7.46. The number of aryl methyl sites for hydroxylation is 1. The first-order chi connectivity index (χ1) is 16.2. The van der Waals surface area contributed by atoms with E-state index in [1.165, 1.54) is 6.07 Å². The number of ether oxygens (including phenoxy) is 1. The zero-order valence-corrected chi connectivity index (χ0v) is 18.7. The van der Waals surface area contributed by atoms with Crippen molar-refractivity contribution in [3.05, 3.63) is 82.2 Å². The number of amides is 1. The Labute approximate surface area is 193 Å². The third-order valence-electron chi connectivity index (χ3n) is 5.01. The fourth-order valence-electron chi connectivity index (χ4n) is 3.27. The molecule has 2 heterocycles. The second-order valence-corrected chi connectivity index (χ2v) is 7.88. The quantitative estimate of drug-likeness (QED) is 0.448. The van der Waals surface area contributed by atoms with Gasteiger partial charge < -0.3 is 10.5 Å². The van der Waals surface area contributed by atoms with Crippen LogP contribution in [0.1, 0.15) is 41.5 Å². The molecule has 0 saturated heterocycles. The Morgan fingerprint density at radius 3 is 2.41 bits per heavy atom. The van der Waals surface area contributed by atoms with Crippen molar-refractivity contribution in [2.45, 2.75) is 26.7 Å². The zero-order valence-electron chi connectivity index (χ0n) is 18.7. The number of benzene rings is 2. The molecule has 0 bridgehead atoms. The van der Waals surface area contributed by atoms with E-state index in [1.807, 2.05) is 51.1 Å². The average Bonchev–Trinajstić information content (AvgIpc) is 3.29. The van der Waals surface area contributed by atoms with Crippen LogP contribution in [0.4, 0.5) is 4.79 Å². The van der Waals surface area contributed by atoms with Gasteiger partial charge in [-0.25, -0.2) is 19.0 Å². The topological polar surface area (TPSA) is 148 Å². The number of rotatable bonds is 5. The maximum Gasteiger partial charge on any atom is 0.359 e. The van der Waals surface area contributed by atoms with Gasteiger partial charge in [0, 0.05) is 18.2 Å². The van der Waals surface area contributed by atoms with E-state index >= 15 is 0 Å². The first kappa shape index (κ1) is 22.5. The van der Waals surface area contributed by atoms with Crippen molar-refractivity contribution < 1.29 is 14.3 Å². The van der Waals surface area contributed by atoms with E-state index in [0.717, 1.165) is 22.9 Å². The van der Waals surface area contributed by atoms with Crippen LogP contribution in [0.15, 0.2) is 59.5 Å². The smallest absolute Gasteiger partial charge is 0.359 e. The molecule has 0 aliphatic heterocycles. The largest absolute Gasteiger partial charge is 0.404 e. The van der Waals surface area contributed by atoms with Gasteiger partial charge in [-0.2, -0.15) is 9.67 Å². The van der Waals surface area contributed by atoms with Crippen molar-refractivity contribution in [1.82, 2.24) is 29.8 Å². The second-order valence-electron chi connectivity index (χ2n) is 7.88. The standard InChI is InChI=1S/C23H21N7O4/c1-13(2)20-26-27-28-30(20)18-11-16(15-6-4-14(3)5-7-15)10-17(12-18)21(31)34-19-8-9-29(22(24)32)23(33)25-19/h4-13H,1-3H3,(H2,24,32). The molecule has 0 aliphatic rings. The third kappa shape index (κ3) is 4.58. The van der Waals surface area contributed by atoms with Crippen LogP contribution in [0.25, 0.3) is 16.8 Å². The van der Waals surface area contributed by atoms with E-state index in [2.05, 4.69) is 20.5 Å². The number of nitrogens with zero attached hydrogens (tertiary/aromatic N) is 6. The lowest BCUT2D eigenvalue weighted by atomic mass is 10.0. The normalized spacial score (nSPS) is 10.9. The molecule has 0 fully saturated rings. The molecule has 2 aromatic carbocycles. The average molecular weight is 459 g/mol. The highest BCUT2D eigenvalue weighted by Crippen LogP contribution is 2.26. The Balaban J connectivity index is 1.77. The Kier molecular flexibility index (Phi) is 6.00. The van der Waals surface area contributed by atoms with E-state index in [1.54, 1.807) is 16.8 Å². The van der Waals surface area contributed by atoms with Gasteiger partial charge in [0.2, 0.25) is 5.88 Å². The van der Waals surface area contributed by atoms with Gasteiger partial charge in [0.25, 0.3) is 0 Å². The van der Waals surface area contributed by atoms with Gasteiger partial charge in [-0.15, -0.1) is 5.10 Å². The molecule has 1 amide bonds. The first-order valence-electron chi connectivity index (χ1n) is 10.4. The van der Waals surface area contributed by atoms with E-state index in [-0.39, 0.29) is 17.4 Å². The number of hydrogen-bond donors (Lipinski definition) is 1. The summed E-state index contributed by atoms with van der Waals surface area (Å²) in [5.41, 5.74) is 7.61. The van der Waals surface area contributed by atoms with Crippen molar-refractivity contribution in [1.29, 1.82) is 0 Å². The Morgan fingerprint density at radius 2 is 1.76 bits per heavy atom. The molecule has 0 unspecified atom stereocenters. The molecule has 34 heavy (non-hydrogen) atoms. The SMILES string of the molecule is Cc1ccc(-c2cc(C(=O)Oc3ccn(C(N)=O)c(=O)n3)cc(-n3nnnc3C(C)C)c2)cc1. The fourth-order valence-corrected chi connectivity index (χ4v) is 3.27. The molecule has 4 rings (SSSR count). The molecular weight excluding hydrogens is 438 g/mol. The predicted octanol–water partition coefficient (Wildman–Crippen LogP) is 2.46. The Bertz CT molecular complexity index is 1440. The number of carbonyl (C=O) groups is 2. The van der Waals surface area contributed by atoms with Crippen molar-refractivity contribution in [2.75, 3.05) is 0 Å². The second kappa shape index (κ2) is 9.06. The van der Waals surface area contributed by atoms with Crippen LogP contribution in [0.3, 0.4) is 0 Å². The number of carbonyl (C=O) groups excluding carboxylic acids is 2. The van der Waals surface area contributed by atoms with Gasteiger partial charge in [0.1, 0.15) is 0 Å². The zero-order chi connectivity index (χ0) is 24.4. The minimum absolute atomic E-state index is 0.0365. The highest BCUT2D eigenvalue weighted by Gasteiger charge is 2.18. The number of hydrogen-bond acceptors (Lipinski definition) is 8. The van der Waals surface area contributed by atoms with Gasteiger partial charge in [0.15, 0.2) is 5.82 Å². The van der Waals surface area contributed by atoms with Gasteiger partial charge in [0.05, 0.1) is 11.3 Å². The summed E-state index contributed by atoms with van der Waals surface area (Å²) in [4.78, 5) is 39.7. The summed E-state index contributed by atoms with van der Waals surface area (Å²) in [5.74, 6) is -0.357. The summed E-state index contributed by atoms with van der Waals surface area (Å²) in [6, 6.07) is 13.2. The van der Waals surface area contributed by atoms with E-state index in [9.17, 15) is 14.4 Å². The lowest BCUT2D eigenvalue weighted by Gasteiger charge is -2.12. The maximum absolute atomic E-state index is 13.0. The molecular formula is C23H21N7O4. The summed E-state index contributed by atoms with van der Waals surface area (Å²) in [5, 5.41) is 11.9. The molecule has 0 spiro atoms. The summed E-state index contributed by atoms with van der Waals surface area (Å²) in [6.45, 7) is 5.90. The molecule has 11 heteroatoms. The number of aromatic nitrogens is 6. The lowest BCUT2D eigenvalue weighted by Crippen LogP contribution is -2.33. The molecule has 4 aromatic rings. The number of nitrogens with two attached hydrogens (primary N) is 1. The molecule has 0 aliphatic carbocycles.